The lowest BCUT2D eigenvalue weighted by atomic mass is 9.67. The van der Waals surface area contributed by atoms with Crippen LogP contribution < -0.4 is 15.5 Å². The summed E-state index contributed by atoms with van der Waals surface area (Å²) < 4.78 is 6.01. The number of aromatic nitrogens is 1. The number of nitrogens with zero attached hydrogens (tertiary/aromatic N) is 2. The SMILES string of the molecule is Cc1ccsc1-c1cnc2c(c1)CC1(C(=O)NC(=O)NC1=O)[C@H]1[C@H](C)O[C@H](C)CN21. The molecule has 156 valence electrons. The largest absolute Gasteiger partial charge is 0.372 e. The highest BCUT2D eigenvalue weighted by atomic mass is 32.1. The second kappa shape index (κ2) is 6.61. The summed E-state index contributed by atoms with van der Waals surface area (Å²) in [5.74, 6) is -0.401. The van der Waals surface area contributed by atoms with Gasteiger partial charge in [-0.2, -0.15) is 0 Å². The maximum atomic E-state index is 13.2. The minimum absolute atomic E-state index is 0.0865. The van der Waals surface area contributed by atoms with E-state index >= 15 is 0 Å². The molecular weight excluding hydrogens is 404 g/mol. The number of hydrogen-bond donors (Lipinski definition) is 2. The summed E-state index contributed by atoms with van der Waals surface area (Å²) in [6.45, 7) is 6.37. The van der Waals surface area contributed by atoms with Gasteiger partial charge < -0.3 is 9.64 Å². The lowest BCUT2D eigenvalue weighted by Crippen LogP contribution is -2.75. The highest BCUT2D eigenvalue weighted by Gasteiger charge is 2.63. The smallest absolute Gasteiger partial charge is 0.328 e. The van der Waals surface area contributed by atoms with Gasteiger partial charge in [0.1, 0.15) is 5.82 Å². The van der Waals surface area contributed by atoms with Gasteiger partial charge in [0.25, 0.3) is 0 Å². The molecule has 3 aliphatic heterocycles. The van der Waals surface area contributed by atoms with Crippen LogP contribution in [0.1, 0.15) is 25.0 Å². The van der Waals surface area contributed by atoms with Gasteiger partial charge in [-0.3, -0.25) is 20.2 Å². The summed E-state index contributed by atoms with van der Waals surface area (Å²) in [6, 6.07) is 2.72. The van der Waals surface area contributed by atoms with Crippen molar-refractivity contribution < 1.29 is 19.1 Å². The van der Waals surface area contributed by atoms with Crippen molar-refractivity contribution in [2.24, 2.45) is 5.41 Å². The lowest BCUT2D eigenvalue weighted by Gasteiger charge is -2.54. The predicted octanol–water partition coefficient (Wildman–Crippen LogP) is 2.01. The minimum atomic E-state index is -1.47. The Morgan fingerprint density at radius 3 is 2.63 bits per heavy atom. The van der Waals surface area contributed by atoms with Gasteiger partial charge in [0.2, 0.25) is 11.8 Å². The van der Waals surface area contributed by atoms with Crippen LogP contribution in [0.3, 0.4) is 0 Å². The average Bonchev–Trinajstić information content (AvgIpc) is 3.11. The Bertz CT molecular complexity index is 1060. The van der Waals surface area contributed by atoms with Gasteiger partial charge in [0.15, 0.2) is 5.41 Å². The Morgan fingerprint density at radius 1 is 1.23 bits per heavy atom. The molecule has 3 atom stereocenters. The zero-order valence-electron chi connectivity index (χ0n) is 16.9. The monoisotopic (exact) mass is 426 g/mol. The molecule has 2 saturated heterocycles. The zero-order valence-corrected chi connectivity index (χ0v) is 17.7. The summed E-state index contributed by atoms with van der Waals surface area (Å²) in [7, 11) is 0. The maximum absolute atomic E-state index is 13.2. The number of aryl methyl sites for hydroxylation is 1. The Labute approximate surface area is 177 Å². The molecule has 0 radical (unpaired) electrons. The first-order chi connectivity index (χ1) is 14.3. The van der Waals surface area contributed by atoms with Crippen molar-refractivity contribution in [3.8, 4) is 10.4 Å². The van der Waals surface area contributed by atoms with Crippen molar-refractivity contribution in [3.63, 3.8) is 0 Å². The normalized spacial score (nSPS) is 27.4. The second-order valence-electron chi connectivity index (χ2n) is 8.27. The fraction of sp³-hybridized carbons (Fsp3) is 0.429. The molecule has 4 amide bonds. The number of nitrogens with one attached hydrogen (secondary N) is 2. The second-order valence-corrected chi connectivity index (χ2v) is 9.19. The molecule has 0 aromatic carbocycles. The number of anilines is 1. The molecule has 9 heteroatoms. The number of pyridine rings is 1. The van der Waals surface area contributed by atoms with Gasteiger partial charge in [-0.25, -0.2) is 9.78 Å². The van der Waals surface area contributed by atoms with Crippen LogP contribution in [0.5, 0.6) is 0 Å². The summed E-state index contributed by atoms with van der Waals surface area (Å²) in [5, 5.41) is 6.64. The molecule has 0 unspecified atom stereocenters. The molecule has 8 nitrogen and oxygen atoms in total. The van der Waals surface area contributed by atoms with E-state index in [0.717, 1.165) is 27.4 Å². The number of rotatable bonds is 1. The van der Waals surface area contributed by atoms with E-state index in [1.807, 2.05) is 43.3 Å². The summed E-state index contributed by atoms with van der Waals surface area (Å²) >= 11 is 1.63. The summed E-state index contributed by atoms with van der Waals surface area (Å²) in [4.78, 5) is 46.0. The molecule has 0 aliphatic carbocycles. The summed E-state index contributed by atoms with van der Waals surface area (Å²) in [5.41, 5.74) is 1.46. The number of amides is 4. The highest BCUT2D eigenvalue weighted by Crippen LogP contribution is 2.46. The molecule has 2 aromatic heterocycles. The van der Waals surface area contributed by atoms with Gasteiger partial charge >= 0.3 is 6.03 Å². The van der Waals surface area contributed by atoms with Crippen LogP contribution in [0.25, 0.3) is 10.4 Å². The molecule has 1 spiro atoms. The van der Waals surface area contributed by atoms with Crippen molar-refractivity contribution in [1.29, 1.82) is 0 Å². The van der Waals surface area contributed by atoms with E-state index in [4.69, 9.17) is 9.72 Å². The van der Waals surface area contributed by atoms with Crippen LogP contribution in [0.2, 0.25) is 0 Å². The molecule has 5 rings (SSSR count). The third kappa shape index (κ3) is 2.61. The van der Waals surface area contributed by atoms with Crippen molar-refractivity contribution in [3.05, 3.63) is 34.8 Å². The van der Waals surface area contributed by atoms with Crippen LogP contribution in [0.4, 0.5) is 10.6 Å². The fourth-order valence-electron chi connectivity index (χ4n) is 5.10. The van der Waals surface area contributed by atoms with Crippen LogP contribution in [0.15, 0.2) is 23.7 Å². The third-order valence-corrected chi connectivity index (χ3v) is 7.32. The molecule has 0 saturated carbocycles. The van der Waals surface area contributed by atoms with Crippen molar-refractivity contribution >= 4 is 35.0 Å². The number of ether oxygens (including phenoxy) is 1. The first-order valence-corrected chi connectivity index (χ1v) is 10.8. The van der Waals surface area contributed by atoms with Crippen LogP contribution in [-0.4, -0.2) is 47.6 Å². The number of imide groups is 2. The Hall–Kier alpha value is -2.78. The number of urea groups is 1. The third-order valence-electron chi connectivity index (χ3n) is 6.26. The first kappa shape index (κ1) is 19.2. The Balaban J connectivity index is 1.69. The average molecular weight is 426 g/mol. The molecule has 3 aliphatic rings. The van der Waals surface area contributed by atoms with Crippen LogP contribution >= 0.6 is 11.3 Å². The molecule has 2 aromatic rings. The van der Waals surface area contributed by atoms with E-state index in [1.54, 1.807) is 11.3 Å². The fourth-order valence-corrected chi connectivity index (χ4v) is 6.00. The summed E-state index contributed by atoms with van der Waals surface area (Å²) in [6.07, 6.45) is 1.52. The lowest BCUT2D eigenvalue weighted by molar-refractivity contribution is -0.153. The van der Waals surface area contributed by atoms with Crippen molar-refractivity contribution in [2.75, 3.05) is 11.4 Å². The highest BCUT2D eigenvalue weighted by molar-refractivity contribution is 7.13. The number of carbonyl (C=O) groups excluding carboxylic acids is 3. The van der Waals surface area contributed by atoms with E-state index in [0.29, 0.717) is 6.54 Å². The number of morpholine rings is 1. The van der Waals surface area contributed by atoms with Crippen molar-refractivity contribution in [2.45, 2.75) is 45.4 Å². The van der Waals surface area contributed by atoms with E-state index in [9.17, 15) is 14.4 Å². The van der Waals surface area contributed by atoms with Crippen molar-refractivity contribution in [1.82, 2.24) is 15.6 Å². The standard InChI is InChI=1S/C21H22N4O4S/c1-10-4-5-30-15(10)14-6-13-7-21(18(26)23-20(28)24-19(21)27)16-12(3)29-11(2)9-25(16)17(13)22-8-14/h4-6,8,11-12,16H,7,9H2,1-3H3,(H2,23,24,26,27,28)/t11-,12+,16-/m1/s1. The predicted molar refractivity (Wildman–Crippen MR) is 111 cm³/mol. The van der Waals surface area contributed by atoms with E-state index < -0.39 is 35.4 Å². The minimum Gasteiger partial charge on any atom is -0.372 e. The van der Waals surface area contributed by atoms with Gasteiger partial charge in [-0.15, -0.1) is 11.3 Å². The number of thiophene rings is 1. The zero-order chi connectivity index (χ0) is 21.2. The first-order valence-electron chi connectivity index (χ1n) is 9.93. The molecule has 30 heavy (non-hydrogen) atoms. The van der Waals surface area contributed by atoms with Gasteiger partial charge in [-0.05, 0) is 49.4 Å². The molecule has 5 heterocycles. The molecule has 2 N–H and O–H groups in total. The van der Waals surface area contributed by atoms with Gasteiger partial charge in [-0.1, -0.05) is 0 Å². The molecule has 0 bridgehead atoms. The van der Waals surface area contributed by atoms with Crippen LogP contribution in [-0.2, 0) is 20.7 Å². The van der Waals surface area contributed by atoms with Gasteiger partial charge in [0, 0.05) is 29.6 Å². The molecule has 2 fully saturated rings. The number of hydrogen-bond acceptors (Lipinski definition) is 7. The van der Waals surface area contributed by atoms with E-state index in [1.165, 1.54) is 0 Å². The van der Waals surface area contributed by atoms with Gasteiger partial charge in [0.05, 0.1) is 18.2 Å². The Kier molecular flexibility index (Phi) is 4.23. The number of carbonyl (C=O) groups is 3. The molecular formula is C21H22N4O4S. The maximum Gasteiger partial charge on any atom is 0.328 e. The topological polar surface area (TPSA) is 101 Å². The number of barbiturate groups is 1. The van der Waals surface area contributed by atoms with Crippen LogP contribution in [0, 0.1) is 12.3 Å². The van der Waals surface area contributed by atoms with E-state index in [-0.39, 0.29) is 12.5 Å². The number of fused-ring (bicyclic) bond motifs is 4. The van der Waals surface area contributed by atoms with E-state index in [2.05, 4.69) is 16.7 Å². The Morgan fingerprint density at radius 2 is 1.97 bits per heavy atom. The quantitative estimate of drug-likeness (QED) is 0.677.